The number of rotatable bonds is 5. The second-order valence-corrected chi connectivity index (χ2v) is 8.09. The van der Waals surface area contributed by atoms with Crippen LogP contribution < -0.4 is 5.32 Å². The number of carbonyl (C=O) groups excluding carboxylic acids is 1. The summed E-state index contributed by atoms with van der Waals surface area (Å²) in [4.78, 5) is 25.8. The van der Waals surface area contributed by atoms with Crippen molar-refractivity contribution in [1.82, 2.24) is 19.4 Å². The molecular formula is C24H19N5OS. The first-order valence-electron chi connectivity index (χ1n) is 9.85. The van der Waals surface area contributed by atoms with Gasteiger partial charge < -0.3 is 9.72 Å². The van der Waals surface area contributed by atoms with Crippen LogP contribution in [0.4, 0.5) is 5.69 Å². The van der Waals surface area contributed by atoms with Crippen LogP contribution in [0.5, 0.6) is 0 Å². The number of nitrogens with zero attached hydrogens (tertiary/aromatic N) is 4. The van der Waals surface area contributed by atoms with Gasteiger partial charge in [-0.15, -0.1) is 11.3 Å². The zero-order chi connectivity index (χ0) is 21.2. The average molecular weight is 426 g/mol. The molecule has 0 unspecified atom stereocenters. The molecule has 0 fully saturated rings. The Morgan fingerprint density at radius 2 is 1.94 bits per heavy atom. The van der Waals surface area contributed by atoms with E-state index in [-0.39, 0.29) is 12.3 Å². The summed E-state index contributed by atoms with van der Waals surface area (Å²) in [5.74, 6) is -0.0980. The van der Waals surface area contributed by atoms with E-state index in [1.54, 1.807) is 12.4 Å². The third kappa shape index (κ3) is 4.08. The lowest BCUT2D eigenvalue weighted by molar-refractivity contribution is -0.115. The molecule has 0 saturated heterocycles. The Morgan fingerprint density at radius 3 is 2.71 bits per heavy atom. The van der Waals surface area contributed by atoms with E-state index in [9.17, 15) is 4.79 Å². The van der Waals surface area contributed by atoms with Gasteiger partial charge in [-0.2, -0.15) is 0 Å². The van der Waals surface area contributed by atoms with E-state index < -0.39 is 0 Å². The second-order valence-electron chi connectivity index (χ2n) is 7.24. The van der Waals surface area contributed by atoms with Gasteiger partial charge in [0.2, 0.25) is 5.91 Å². The molecule has 7 heteroatoms. The highest BCUT2D eigenvalue weighted by atomic mass is 32.1. The number of aryl methyl sites for hydroxylation is 1. The van der Waals surface area contributed by atoms with Crippen LogP contribution in [0.2, 0.25) is 0 Å². The molecule has 0 aliphatic heterocycles. The van der Waals surface area contributed by atoms with Gasteiger partial charge >= 0.3 is 0 Å². The van der Waals surface area contributed by atoms with Gasteiger partial charge in [0, 0.05) is 47.0 Å². The normalized spacial score (nSPS) is 11.0. The molecule has 0 saturated carbocycles. The Morgan fingerprint density at radius 1 is 1.06 bits per heavy atom. The third-order valence-corrected chi connectivity index (χ3v) is 5.88. The maximum Gasteiger partial charge on any atom is 0.230 e. The van der Waals surface area contributed by atoms with E-state index in [0.29, 0.717) is 0 Å². The third-order valence-electron chi connectivity index (χ3n) is 4.94. The van der Waals surface area contributed by atoms with Gasteiger partial charge in [0.05, 0.1) is 17.8 Å². The number of nitrogens with one attached hydrogen (secondary N) is 1. The molecule has 0 radical (unpaired) electrons. The Bertz CT molecular complexity index is 1360. The van der Waals surface area contributed by atoms with Crippen molar-refractivity contribution in [3.05, 3.63) is 90.0 Å². The van der Waals surface area contributed by atoms with Gasteiger partial charge in [0.25, 0.3) is 0 Å². The highest BCUT2D eigenvalue weighted by Crippen LogP contribution is 2.24. The molecule has 5 rings (SSSR count). The first-order valence-corrected chi connectivity index (χ1v) is 10.7. The first kappa shape index (κ1) is 19.1. The zero-order valence-electron chi connectivity index (χ0n) is 16.8. The number of hydrogen-bond acceptors (Lipinski definition) is 5. The van der Waals surface area contributed by atoms with Crippen LogP contribution in [0, 0.1) is 6.92 Å². The molecule has 5 aromatic rings. The molecule has 0 spiro atoms. The summed E-state index contributed by atoms with van der Waals surface area (Å²) in [7, 11) is 0. The Hall–Kier alpha value is -3.84. The lowest BCUT2D eigenvalue weighted by Crippen LogP contribution is -2.14. The lowest BCUT2D eigenvalue weighted by atomic mass is 10.1. The van der Waals surface area contributed by atoms with Gasteiger partial charge in [-0.1, -0.05) is 18.2 Å². The first-order chi connectivity index (χ1) is 15.2. The summed E-state index contributed by atoms with van der Waals surface area (Å²) in [6.07, 6.45) is 7.73. The summed E-state index contributed by atoms with van der Waals surface area (Å²) >= 11 is 1.51. The highest BCUT2D eigenvalue weighted by Gasteiger charge is 2.10. The molecule has 4 aromatic heterocycles. The van der Waals surface area contributed by atoms with Crippen LogP contribution in [-0.4, -0.2) is 25.3 Å². The molecule has 1 N–H and O–H groups in total. The Balaban J connectivity index is 1.26. The zero-order valence-corrected chi connectivity index (χ0v) is 17.6. The van der Waals surface area contributed by atoms with E-state index >= 15 is 0 Å². The molecule has 31 heavy (non-hydrogen) atoms. The smallest absolute Gasteiger partial charge is 0.230 e. The summed E-state index contributed by atoms with van der Waals surface area (Å²) in [6, 6.07) is 15.6. The van der Waals surface area contributed by atoms with E-state index in [2.05, 4.69) is 15.3 Å². The molecule has 0 aliphatic rings. The van der Waals surface area contributed by atoms with Crippen LogP contribution in [-0.2, 0) is 11.2 Å². The predicted molar refractivity (Wildman–Crippen MR) is 123 cm³/mol. The lowest BCUT2D eigenvalue weighted by Gasteiger charge is -2.05. The number of imidazole rings is 1. The summed E-state index contributed by atoms with van der Waals surface area (Å²) in [5, 5.41) is 5.72. The molecule has 4 heterocycles. The van der Waals surface area contributed by atoms with Crippen LogP contribution in [0.3, 0.4) is 0 Å². The number of amides is 1. The Labute approximate surface area is 183 Å². The minimum atomic E-state index is -0.0980. The number of fused-ring (bicyclic) bond motifs is 1. The van der Waals surface area contributed by atoms with Crippen LogP contribution in [0.25, 0.3) is 27.5 Å². The van der Waals surface area contributed by atoms with Crippen molar-refractivity contribution in [3.8, 4) is 21.8 Å². The molecule has 1 aromatic carbocycles. The fraction of sp³-hybridized carbons (Fsp3) is 0.0833. The van der Waals surface area contributed by atoms with E-state index in [0.717, 1.165) is 44.4 Å². The number of hydrogen-bond donors (Lipinski definition) is 1. The summed E-state index contributed by atoms with van der Waals surface area (Å²) in [5.41, 5.74) is 6.43. The maximum absolute atomic E-state index is 12.5. The van der Waals surface area contributed by atoms with Gasteiger partial charge in [-0.3, -0.25) is 9.78 Å². The van der Waals surface area contributed by atoms with Crippen LogP contribution in [0.15, 0.2) is 78.7 Å². The number of pyridine rings is 2. The van der Waals surface area contributed by atoms with Crippen molar-refractivity contribution in [2.75, 3.05) is 5.32 Å². The van der Waals surface area contributed by atoms with Crippen LogP contribution in [0.1, 0.15) is 11.3 Å². The number of benzene rings is 1. The van der Waals surface area contributed by atoms with Crippen molar-refractivity contribution < 1.29 is 4.79 Å². The highest BCUT2D eigenvalue weighted by molar-refractivity contribution is 7.13. The van der Waals surface area contributed by atoms with Crippen molar-refractivity contribution in [2.45, 2.75) is 13.3 Å². The largest absolute Gasteiger partial charge is 0.326 e. The SMILES string of the molecule is Cc1cccn2cc(-c3ccc(NC(=O)Cc4csc(-c5cccnc5)n4)cc3)nc12. The fourth-order valence-electron chi connectivity index (χ4n) is 3.40. The quantitative estimate of drug-likeness (QED) is 0.430. The topological polar surface area (TPSA) is 72.2 Å². The van der Waals surface area contributed by atoms with E-state index in [4.69, 9.17) is 4.98 Å². The van der Waals surface area contributed by atoms with Crippen molar-refractivity contribution in [1.29, 1.82) is 0 Å². The number of carbonyl (C=O) groups is 1. The standard InChI is InChI=1S/C24H19N5OS/c1-16-4-3-11-29-14-21(28-23(16)29)17-6-8-19(9-7-17)26-22(30)12-20-15-31-24(27-20)18-5-2-10-25-13-18/h2-11,13-15H,12H2,1H3,(H,26,30). The van der Waals surface area contributed by atoms with Crippen LogP contribution >= 0.6 is 11.3 Å². The monoisotopic (exact) mass is 425 g/mol. The van der Waals surface area contributed by atoms with Gasteiger partial charge in [-0.05, 0) is 42.8 Å². The number of thiazole rings is 1. The van der Waals surface area contributed by atoms with E-state index in [1.165, 1.54) is 11.3 Å². The predicted octanol–water partition coefficient (Wildman–Crippen LogP) is 5.01. The van der Waals surface area contributed by atoms with E-state index in [1.807, 2.05) is 77.6 Å². The number of aromatic nitrogens is 4. The fourth-order valence-corrected chi connectivity index (χ4v) is 4.21. The molecular weight excluding hydrogens is 406 g/mol. The Kier molecular flexibility index (Phi) is 5.01. The molecule has 0 bridgehead atoms. The molecule has 1 amide bonds. The maximum atomic E-state index is 12.5. The van der Waals surface area contributed by atoms with Crippen molar-refractivity contribution in [2.24, 2.45) is 0 Å². The van der Waals surface area contributed by atoms with Gasteiger partial charge in [-0.25, -0.2) is 9.97 Å². The minimum absolute atomic E-state index is 0.0980. The number of anilines is 1. The summed E-state index contributed by atoms with van der Waals surface area (Å²) in [6.45, 7) is 2.05. The second kappa shape index (κ2) is 8.12. The van der Waals surface area contributed by atoms with Crippen molar-refractivity contribution >= 4 is 28.6 Å². The minimum Gasteiger partial charge on any atom is -0.326 e. The molecule has 152 valence electrons. The summed E-state index contributed by atoms with van der Waals surface area (Å²) < 4.78 is 2.02. The average Bonchev–Trinajstić information content (AvgIpc) is 3.43. The molecule has 6 nitrogen and oxygen atoms in total. The van der Waals surface area contributed by atoms with Crippen molar-refractivity contribution in [3.63, 3.8) is 0 Å². The molecule has 0 atom stereocenters. The van der Waals surface area contributed by atoms with Gasteiger partial charge in [0.15, 0.2) is 0 Å². The molecule has 0 aliphatic carbocycles. The van der Waals surface area contributed by atoms with Gasteiger partial charge in [0.1, 0.15) is 10.7 Å².